The van der Waals surface area contributed by atoms with Crippen LogP contribution in [0.2, 0.25) is 5.02 Å². The topological polar surface area (TPSA) is 78.4 Å². The van der Waals surface area contributed by atoms with E-state index in [9.17, 15) is 9.90 Å². The zero-order valence-electron chi connectivity index (χ0n) is 23.0. The Balaban J connectivity index is 0.000000310. The molecule has 5 rings (SSSR count). The van der Waals surface area contributed by atoms with Gasteiger partial charge in [-0.25, -0.2) is 9.13 Å². The maximum absolute atomic E-state index is 10.1. The standard InChI is InChI=1S/C26H26ClN2OS.C8H8O3/c27-24-12-10-23(11-13-24)8-4-15-28-16-17-29(21-28)20-25(26-9-5-19-31-26)30-18-14-22-6-2-1-3-7-22;9-7(8(10)11)6-4-2-1-3-5-6/h1-13,16-17,19,21,25H,14-15,18,20H2;1-5,7,9H,(H,10,11)/q+1;/p-1/b8-4+;. The summed E-state index contributed by atoms with van der Waals surface area (Å²) in [6.07, 6.45) is 10.1. The van der Waals surface area contributed by atoms with Crippen molar-refractivity contribution in [1.82, 2.24) is 4.57 Å². The van der Waals surface area contributed by atoms with E-state index >= 15 is 0 Å². The lowest BCUT2D eigenvalue weighted by Gasteiger charge is -2.15. The van der Waals surface area contributed by atoms with E-state index in [0.29, 0.717) is 12.2 Å². The number of ether oxygens (including phenoxy) is 1. The highest BCUT2D eigenvalue weighted by Crippen LogP contribution is 2.24. The molecule has 0 saturated carbocycles. The van der Waals surface area contributed by atoms with E-state index in [4.69, 9.17) is 21.4 Å². The van der Waals surface area contributed by atoms with Crippen LogP contribution in [0.25, 0.3) is 6.08 Å². The number of benzene rings is 3. The number of carbonyl (C=O) groups is 1. The van der Waals surface area contributed by atoms with Crippen molar-refractivity contribution in [1.29, 1.82) is 0 Å². The number of imidazole rings is 1. The van der Waals surface area contributed by atoms with E-state index in [2.05, 4.69) is 81.8 Å². The predicted molar refractivity (Wildman–Crippen MR) is 165 cm³/mol. The minimum atomic E-state index is -1.52. The number of allylic oxidation sites excluding steroid dienone is 1. The first-order valence-electron chi connectivity index (χ1n) is 13.6. The molecule has 216 valence electrons. The molecule has 0 saturated heterocycles. The maximum atomic E-state index is 10.1. The number of aliphatic carboxylic acids is 1. The number of hydrogen-bond donors (Lipinski definition) is 1. The minimum Gasteiger partial charge on any atom is -0.547 e. The zero-order chi connectivity index (χ0) is 29.6. The molecule has 0 fully saturated rings. The summed E-state index contributed by atoms with van der Waals surface area (Å²) < 4.78 is 10.7. The van der Waals surface area contributed by atoms with Gasteiger partial charge in [0.05, 0.1) is 12.6 Å². The number of aliphatic hydroxyl groups excluding tert-OH is 1. The lowest BCUT2D eigenvalue weighted by Crippen LogP contribution is -2.30. The van der Waals surface area contributed by atoms with Gasteiger partial charge in [0.1, 0.15) is 37.7 Å². The summed E-state index contributed by atoms with van der Waals surface area (Å²) in [5.74, 6) is -1.48. The van der Waals surface area contributed by atoms with Gasteiger partial charge in [0.2, 0.25) is 6.33 Å². The Labute approximate surface area is 255 Å². The van der Waals surface area contributed by atoms with Crippen LogP contribution in [0.1, 0.15) is 33.8 Å². The third-order valence-electron chi connectivity index (χ3n) is 6.37. The molecular weight excluding hydrogens is 568 g/mol. The second-order valence-electron chi connectivity index (χ2n) is 9.50. The van der Waals surface area contributed by atoms with Crippen LogP contribution in [0, 0.1) is 0 Å². The molecule has 3 aromatic carbocycles. The third-order valence-corrected chi connectivity index (χ3v) is 7.59. The van der Waals surface area contributed by atoms with Gasteiger partial charge >= 0.3 is 0 Å². The molecule has 2 aromatic heterocycles. The first-order valence-corrected chi connectivity index (χ1v) is 14.8. The van der Waals surface area contributed by atoms with Gasteiger partial charge in [-0.3, -0.25) is 0 Å². The van der Waals surface area contributed by atoms with Gasteiger partial charge < -0.3 is 19.7 Å². The van der Waals surface area contributed by atoms with Crippen molar-refractivity contribution in [3.05, 3.63) is 154 Å². The molecule has 8 heteroatoms. The minimum absolute atomic E-state index is 0.0502. The molecule has 0 aliphatic carbocycles. The molecule has 42 heavy (non-hydrogen) atoms. The third kappa shape index (κ3) is 10.1. The zero-order valence-corrected chi connectivity index (χ0v) is 24.6. The van der Waals surface area contributed by atoms with Crippen LogP contribution in [0.3, 0.4) is 0 Å². The predicted octanol–water partition coefficient (Wildman–Crippen LogP) is 5.67. The first-order chi connectivity index (χ1) is 20.5. The monoisotopic (exact) mass is 600 g/mol. The lowest BCUT2D eigenvalue weighted by atomic mass is 10.1. The number of carboxylic acid groups (broad SMARTS) is 1. The Bertz CT molecular complexity index is 1500. The Morgan fingerprint density at radius 2 is 1.71 bits per heavy atom. The number of halogens is 1. The molecule has 0 radical (unpaired) electrons. The molecule has 2 heterocycles. The van der Waals surface area contributed by atoms with E-state index in [1.807, 2.05) is 30.3 Å². The van der Waals surface area contributed by atoms with Gasteiger partial charge in [0.25, 0.3) is 0 Å². The van der Waals surface area contributed by atoms with E-state index in [1.165, 1.54) is 22.6 Å². The summed E-state index contributed by atoms with van der Waals surface area (Å²) in [7, 11) is 0. The molecule has 0 bridgehead atoms. The van der Waals surface area contributed by atoms with Crippen molar-refractivity contribution in [3.63, 3.8) is 0 Å². The van der Waals surface area contributed by atoms with Gasteiger partial charge in [0, 0.05) is 9.90 Å². The van der Waals surface area contributed by atoms with Crippen LogP contribution in [-0.2, 0) is 29.0 Å². The van der Waals surface area contributed by atoms with Gasteiger partial charge in [0.15, 0.2) is 0 Å². The fourth-order valence-corrected chi connectivity index (χ4v) is 5.06. The second-order valence-corrected chi connectivity index (χ2v) is 10.9. The van der Waals surface area contributed by atoms with E-state index < -0.39 is 12.1 Å². The van der Waals surface area contributed by atoms with Crippen LogP contribution < -0.4 is 9.67 Å². The molecule has 0 aliphatic heterocycles. The van der Waals surface area contributed by atoms with Crippen LogP contribution in [-0.4, -0.2) is 22.2 Å². The van der Waals surface area contributed by atoms with Crippen molar-refractivity contribution in [2.24, 2.45) is 0 Å². The quantitative estimate of drug-likeness (QED) is 0.187. The van der Waals surface area contributed by atoms with E-state index in [1.54, 1.807) is 29.5 Å². The smallest absolute Gasteiger partial charge is 0.244 e. The van der Waals surface area contributed by atoms with Crippen LogP contribution in [0.4, 0.5) is 0 Å². The van der Waals surface area contributed by atoms with Gasteiger partial charge in [-0.1, -0.05) is 96.5 Å². The molecule has 6 nitrogen and oxygen atoms in total. The molecule has 1 N–H and O–H groups in total. The summed E-state index contributed by atoms with van der Waals surface area (Å²) in [5.41, 5.74) is 2.79. The maximum Gasteiger partial charge on any atom is 0.244 e. The SMILES string of the molecule is Clc1ccc(/C=C/C[n+]2ccn(CC(OCCc3ccccc3)c3cccs3)c2)cc1.O=C([O-])C(O)c1ccccc1. The lowest BCUT2D eigenvalue weighted by molar-refractivity contribution is -0.686. The number of rotatable bonds is 12. The average molecular weight is 601 g/mol. The molecule has 2 atom stereocenters. The Hall–Kier alpha value is -4.01. The molecule has 2 unspecified atom stereocenters. The number of carbonyl (C=O) groups excluding carboxylic acids is 1. The molecule has 0 spiro atoms. The summed E-state index contributed by atoms with van der Waals surface area (Å²) in [6, 6.07) is 30.7. The number of hydrogen-bond acceptors (Lipinski definition) is 5. The summed E-state index contributed by atoms with van der Waals surface area (Å²) in [5, 5.41) is 21.9. The molecule has 0 amide bonds. The highest BCUT2D eigenvalue weighted by Gasteiger charge is 2.17. The summed E-state index contributed by atoms with van der Waals surface area (Å²) in [4.78, 5) is 11.4. The fourth-order valence-electron chi connectivity index (χ4n) is 4.17. The van der Waals surface area contributed by atoms with E-state index in [0.717, 1.165) is 30.1 Å². The number of aliphatic hydroxyl groups is 1. The molecular formula is C34H33ClN2O4S. The van der Waals surface area contributed by atoms with Crippen LogP contribution >= 0.6 is 22.9 Å². The van der Waals surface area contributed by atoms with Crippen LogP contribution in [0.5, 0.6) is 0 Å². The number of aromatic nitrogens is 2. The normalized spacial score (nSPS) is 12.4. The Morgan fingerprint density at radius 1 is 1.00 bits per heavy atom. The Morgan fingerprint density at radius 3 is 2.38 bits per heavy atom. The van der Waals surface area contributed by atoms with Crippen molar-refractivity contribution >= 4 is 35.0 Å². The second kappa shape index (κ2) is 16.4. The first kappa shape index (κ1) is 30.9. The highest BCUT2D eigenvalue weighted by molar-refractivity contribution is 7.10. The fraction of sp³-hybridized carbons (Fsp3) is 0.176. The summed E-state index contributed by atoms with van der Waals surface area (Å²) >= 11 is 7.70. The van der Waals surface area contributed by atoms with Crippen molar-refractivity contribution in [2.45, 2.75) is 31.7 Å². The number of thiophene rings is 1. The van der Waals surface area contributed by atoms with Crippen molar-refractivity contribution < 1.29 is 24.3 Å². The largest absolute Gasteiger partial charge is 0.547 e. The van der Waals surface area contributed by atoms with Gasteiger partial charge in [-0.15, -0.1) is 11.3 Å². The number of carboxylic acids is 1. The summed E-state index contributed by atoms with van der Waals surface area (Å²) in [6.45, 7) is 2.31. The molecule has 5 aromatic rings. The van der Waals surface area contributed by atoms with Crippen molar-refractivity contribution in [2.75, 3.05) is 6.61 Å². The van der Waals surface area contributed by atoms with Gasteiger partial charge in [-0.05, 0) is 52.8 Å². The highest BCUT2D eigenvalue weighted by atomic mass is 35.5. The Kier molecular flexibility index (Phi) is 12.1. The number of nitrogens with zero attached hydrogens (tertiary/aromatic N) is 2. The van der Waals surface area contributed by atoms with Crippen molar-refractivity contribution in [3.8, 4) is 0 Å². The average Bonchev–Trinajstić information content (AvgIpc) is 3.71. The van der Waals surface area contributed by atoms with Gasteiger partial charge in [-0.2, -0.15) is 0 Å². The van der Waals surface area contributed by atoms with Crippen LogP contribution in [0.15, 0.2) is 127 Å². The van der Waals surface area contributed by atoms with E-state index in [-0.39, 0.29) is 6.10 Å². The molecule has 0 aliphatic rings.